The Hall–Kier alpha value is -0.580. The molecule has 0 aliphatic heterocycles. The van der Waals surface area contributed by atoms with Gasteiger partial charge >= 0.3 is 0 Å². The number of hydrogen-bond donors (Lipinski definition) is 0. The molecular formula is C4H6FN. The fraction of sp³-hybridized carbons (Fsp3) is 0.750. The molecule has 0 bridgehead atoms. The van der Waals surface area contributed by atoms with Crippen molar-refractivity contribution in [2.75, 3.05) is 6.67 Å². The van der Waals surface area contributed by atoms with Crippen molar-refractivity contribution < 1.29 is 4.39 Å². The van der Waals surface area contributed by atoms with E-state index in [0.717, 1.165) is 0 Å². The molecule has 0 spiro atoms. The number of rotatable bonds is 1. The summed E-state index contributed by atoms with van der Waals surface area (Å²) in [6, 6.07) is -0.440. The number of alkyl halides is 1. The van der Waals surface area contributed by atoms with Crippen molar-refractivity contribution in [1.82, 2.24) is 0 Å². The van der Waals surface area contributed by atoms with Gasteiger partial charge in [0.15, 0.2) is 6.67 Å². The Balaban J connectivity index is 3.04. The van der Waals surface area contributed by atoms with Gasteiger partial charge in [0.1, 0.15) is 0 Å². The fourth-order valence-corrected chi connectivity index (χ4v) is 0.0345. The zero-order valence-electron chi connectivity index (χ0n) is 3.61. The van der Waals surface area contributed by atoms with E-state index in [4.69, 9.17) is 6.57 Å². The van der Waals surface area contributed by atoms with E-state index in [1.54, 1.807) is 6.92 Å². The molecule has 0 fully saturated rings. The standard InChI is InChI=1S/C4H6FN/c1-4(3-5)6-2/h4H,3H2,1H3. The van der Waals surface area contributed by atoms with E-state index >= 15 is 0 Å². The maximum atomic E-state index is 11.2. The molecule has 0 heterocycles. The average molecular weight is 87.1 g/mol. The summed E-state index contributed by atoms with van der Waals surface area (Å²) in [6.45, 7) is 7.22. The third-order valence-corrected chi connectivity index (χ3v) is 0.444. The zero-order chi connectivity index (χ0) is 4.99. The van der Waals surface area contributed by atoms with Crippen LogP contribution >= 0.6 is 0 Å². The van der Waals surface area contributed by atoms with Gasteiger partial charge in [-0.15, -0.1) is 0 Å². The van der Waals surface area contributed by atoms with Gasteiger partial charge in [-0.1, -0.05) is 0 Å². The predicted octanol–water partition coefficient (Wildman–Crippen LogP) is 1.26. The highest BCUT2D eigenvalue weighted by atomic mass is 19.1. The van der Waals surface area contributed by atoms with E-state index in [9.17, 15) is 4.39 Å². The van der Waals surface area contributed by atoms with E-state index < -0.39 is 12.7 Å². The highest BCUT2D eigenvalue weighted by Gasteiger charge is 1.97. The minimum absolute atomic E-state index is 0.440. The Bertz CT molecular complexity index is 64.4. The highest BCUT2D eigenvalue weighted by molar-refractivity contribution is 4.70. The van der Waals surface area contributed by atoms with Gasteiger partial charge in [0.25, 0.3) is 0 Å². The molecule has 0 aliphatic rings. The normalized spacial score (nSPS) is 12.8. The van der Waals surface area contributed by atoms with E-state index in [0.29, 0.717) is 0 Å². The lowest BCUT2D eigenvalue weighted by Crippen LogP contribution is -1.94. The molecule has 0 saturated carbocycles. The molecule has 0 aromatic rings. The van der Waals surface area contributed by atoms with Crippen molar-refractivity contribution >= 4 is 0 Å². The Morgan fingerprint density at radius 2 is 2.50 bits per heavy atom. The molecule has 0 N–H and O–H groups in total. The number of nitrogens with zero attached hydrogens (tertiary/aromatic N) is 1. The van der Waals surface area contributed by atoms with Crippen molar-refractivity contribution in [2.45, 2.75) is 13.0 Å². The Morgan fingerprint density at radius 1 is 2.00 bits per heavy atom. The monoisotopic (exact) mass is 87.0 g/mol. The fourth-order valence-electron chi connectivity index (χ4n) is 0.0345. The Kier molecular flexibility index (Phi) is 2.39. The van der Waals surface area contributed by atoms with Gasteiger partial charge in [0, 0.05) is 6.92 Å². The topological polar surface area (TPSA) is 4.36 Å². The van der Waals surface area contributed by atoms with E-state index in [1.807, 2.05) is 0 Å². The van der Waals surface area contributed by atoms with Gasteiger partial charge in [-0.05, 0) is 0 Å². The molecule has 0 amide bonds. The second-order valence-corrected chi connectivity index (χ2v) is 1.13. The van der Waals surface area contributed by atoms with Gasteiger partial charge in [0.05, 0.1) is 0 Å². The van der Waals surface area contributed by atoms with Crippen molar-refractivity contribution in [2.24, 2.45) is 0 Å². The van der Waals surface area contributed by atoms with Crippen LogP contribution < -0.4 is 0 Å². The van der Waals surface area contributed by atoms with Gasteiger partial charge in [-0.25, -0.2) is 11.0 Å². The first-order valence-corrected chi connectivity index (χ1v) is 1.73. The lowest BCUT2D eigenvalue weighted by Gasteiger charge is -1.81. The second kappa shape index (κ2) is 2.65. The van der Waals surface area contributed by atoms with Crippen LogP contribution in [0.5, 0.6) is 0 Å². The maximum Gasteiger partial charge on any atom is 0.248 e. The summed E-state index contributed by atoms with van der Waals surface area (Å²) in [7, 11) is 0. The molecule has 0 aliphatic carbocycles. The van der Waals surface area contributed by atoms with Crippen LogP contribution in [0.3, 0.4) is 0 Å². The molecule has 0 saturated heterocycles. The molecule has 0 rings (SSSR count). The molecule has 0 aromatic carbocycles. The van der Waals surface area contributed by atoms with Crippen LogP contribution in [0.25, 0.3) is 4.85 Å². The number of hydrogen-bond acceptors (Lipinski definition) is 0. The van der Waals surface area contributed by atoms with Crippen molar-refractivity contribution in [3.05, 3.63) is 11.4 Å². The lowest BCUT2D eigenvalue weighted by molar-refractivity contribution is 0.472. The molecule has 2 heteroatoms. The minimum Gasteiger partial charge on any atom is -0.311 e. The van der Waals surface area contributed by atoms with Crippen LogP contribution in [0.4, 0.5) is 4.39 Å². The molecule has 0 aromatic heterocycles. The van der Waals surface area contributed by atoms with E-state index in [-0.39, 0.29) is 0 Å². The number of halogens is 1. The van der Waals surface area contributed by atoms with Crippen LogP contribution in [-0.4, -0.2) is 12.7 Å². The quantitative estimate of drug-likeness (QED) is 0.424. The van der Waals surface area contributed by atoms with Gasteiger partial charge in [-0.3, -0.25) is 0 Å². The third-order valence-electron chi connectivity index (χ3n) is 0.444. The van der Waals surface area contributed by atoms with Crippen LogP contribution in [0.15, 0.2) is 0 Å². The van der Waals surface area contributed by atoms with Crippen molar-refractivity contribution in [3.8, 4) is 0 Å². The van der Waals surface area contributed by atoms with Crippen LogP contribution in [0, 0.1) is 6.57 Å². The zero-order valence-corrected chi connectivity index (χ0v) is 3.61. The van der Waals surface area contributed by atoms with Gasteiger partial charge in [-0.2, -0.15) is 0 Å². The maximum absolute atomic E-state index is 11.2. The summed E-state index contributed by atoms with van der Waals surface area (Å²) in [4.78, 5) is 2.88. The third kappa shape index (κ3) is 1.71. The average Bonchev–Trinajstić information content (AvgIpc) is 1.65. The molecular weight excluding hydrogens is 81.0 g/mol. The summed E-state index contributed by atoms with van der Waals surface area (Å²) in [5, 5.41) is 0. The first-order valence-electron chi connectivity index (χ1n) is 1.73. The summed E-state index contributed by atoms with van der Waals surface area (Å²) < 4.78 is 11.2. The van der Waals surface area contributed by atoms with Crippen LogP contribution in [0.2, 0.25) is 0 Å². The smallest absolute Gasteiger partial charge is 0.248 e. The van der Waals surface area contributed by atoms with Gasteiger partial charge in [0.2, 0.25) is 6.04 Å². The molecule has 34 valence electrons. The second-order valence-electron chi connectivity index (χ2n) is 1.13. The minimum atomic E-state index is -0.524. The van der Waals surface area contributed by atoms with Crippen molar-refractivity contribution in [1.29, 1.82) is 0 Å². The molecule has 6 heavy (non-hydrogen) atoms. The van der Waals surface area contributed by atoms with E-state index in [2.05, 4.69) is 4.85 Å². The Morgan fingerprint density at radius 3 is 2.50 bits per heavy atom. The van der Waals surface area contributed by atoms with Crippen molar-refractivity contribution in [3.63, 3.8) is 0 Å². The lowest BCUT2D eigenvalue weighted by atomic mass is 10.4. The molecule has 0 radical (unpaired) electrons. The first kappa shape index (κ1) is 5.42. The molecule has 1 unspecified atom stereocenters. The van der Waals surface area contributed by atoms with Crippen LogP contribution in [0.1, 0.15) is 6.92 Å². The SMILES string of the molecule is [C-]#[N+]C(C)CF. The Labute approximate surface area is 36.6 Å². The van der Waals surface area contributed by atoms with Crippen LogP contribution in [-0.2, 0) is 0 Å². The van der Waals surface area contributed by atoms with E-state index in [1.165, 1.54) is 0 Å². The predicted molar refractivity (Wildman–Crippen MR) is 22.0 cm³/mol. The largest absolute Gasteiger partial charge is 0.311 e. The van der Waals surface area contributed by atoms with Gasteiger partial charge < -0.3 is 4.85 Å². The first-order chi connectivity index (χ1) is 2.81. The molecule has 1 nitrogen and oxygen atoms in total. The highest BCUT2D eigenvalue weighted by Crippen LogP contribution is 1.85. The summed E-state index contributed by atoms with van der Waals surface area (Å²) in [6.07, 6.45) is 0. The molecule has 1 atom stereocenters. The summed E-state index contributed by atoms with van der Waals surface area (Å²) in [5.74, 6) is 0. The summed E-state index contributed by atoms with van der Waals surface area (Å²) in [5.41, 5.74) is 0. The summed E-state index contributed by atoms with van der Waals surface area (Å²) >= 11 is 0.